The van der Waals surface area contributed by atoms with E-state index >= 15 is 0 Å². The Morgan fingerprint density at radius 1 is 1.16 bits per heavy atom. The highest BCUT2D eigenvalue weighted by atomic mass is 19.1. The Bertz CT molecular complexity index is 549. The van der Waals surface area contributed by atoms with E-state index in [1.54, 1.807) is 12.1 Å². The molecule has 2 nitrogen and oxygen atoms in total. The van der Waals surface area contributed by atoms with Crippen LogP contribution in [0.2, 0.25) is 0 Å². The minimum absolute atomic E-state index is 0.210. The summed E-state index contributed by atoms with van der Waals surface area (Å²) in [6, 6.07) is 12.2. The van der Waals surface area contributed by atoms with Gasteiger partial charge < -0.3 is 10.5 Å². The van der Waals surface area contributed by atoms with Gasteiger partial charge in [-0.3, -0.25) is 0 Å². The van der Waals surface area contributed by atoms with Gasteiger partial charge in [-0.15, -0.1) is 0 Å². The minimum atomic E-state index is -0.394. The van der Waals surface area contributed by atoms with Gasteiger partial charge in [0.25, 0.3) is 0 Å². The molecule has 0 radical (unpaired) electrons. The Kier molecular flexibility index (Phi) is 4.17. The van der Waals surface area contributed by atoms with Gasteiger partial charge in [0.1, 0.15) is 5.75 Å². The van der Waals surface area contributed by atoms with Crippen molar-refractivity contribution < 1.29 is 9.13 Å². The molecule has 0 aliphatic rings. The van der Waals surface area contributed by atoms with Gasteiger partial charge in [0.05, 0.1) is 0 Å². The van der Waals surface area contributed by atoms with E-state index in [2.05, 4.69) is 6.92 Å². The molecule has 100 valence electrons. The maximum atomic E-state index is 13.9. The molecule has 0 heterocycles. The fraction of sp³-hybridized carbons (Fsp3) is 0.250. The molecule has 0 aliphatic heterocycles. The lowest BCUT2D eigenvalue weighted by Crippen LogP contribution is -2.07. The van der Waals surface area contributed by atoms with Gasteiger partial charge >= 0.3 is 0 Å². The van der Waals surface area contributed by atoms with Crippen molar-refractivity contribution in [2.24, 2.45) is 5.73 Å². The molecule has 0 aliphatic carbocycles. The molecule has 0 bridgehead atoms. The number of halogens is 1. The number of hydrogen-bond donors (Lipinski definition) is 1. The Balaban J connectivity index is 2.31. The Hall–Kier alpha value is -1.87. The molecule has 3 heteroatoms. The van der Waals surface area contributed by atoms with Crippen LogP contribution in [0.3, 0.4) is 0 Å². The van der Waals surface area contributed by atoms with Crippen molar-refractivity contribution in [1.82, 2.24) is 0 Å². The van der Waals surface area contributed by atoms with E-state index in [1.165, 1.54) is 11.6 Å². The van der Waals surface area contributed by atoms with Crippen LogP contribution in [-0.4, -0.2) is 0 Å². The molecule has 0 spiro atoms. The summed E-state index contributed by atoms with van der Waals surface area (Å²) in [5.41, 5.74) is 7.72. The SMILES string of the molecule is CCc1ccc(Oc2c(F)cccc2[C@H](C)N)cc1. The highest BCUT2D eigenvalue weighted by molar-refractivity contribution is 5.41. The van der Waals surface area contributed by atoms with Gasteiger partial charge in [0, 0.05) is 11.6 Å². The summed E-state index contributed by atoms with van der Waals surface area (Å²) in [6.07, 6.45) is 0.963. The molecule has 2 aromatic rings. The van der Waals surface area contributed by atoms with Crippen LogP contribution in [0, 0.1) is 5.82 Å². The van der Waals surface area contributed by atoms with Crippen LogP contribution in [-0.2, 0) is 6.42 Å². The van der Waals surface area contributed by atoms with Crippen molar-refractivity contribution in [2.45, 2.75) is 26.3 Å². The second-order valence-corrected chi connectivity index (χ2v) is 4.55. The van der Waals surface area contributed by atoms with Crippen molar-refractivity contribution in [3.63, 3.8) is 0 Å². The number of nitrogens with two attached hydrogens (primary N) is 1. The van der Waals surface area contributed by atoms with Gasteiger partial charge in [-0.05, 0) is 37.1 Å². The first-order valence-electron chi connectivity index (χ1n) is 6.42. The molecular weight excluding hydrogens is 241 g/mol. The van der Waals surface area contributed by atoms with Crippen molar-refractivity contribution >= 4 is 0 Å². The molecule has 0 saturated heterocycles. The molecular formula is C16H18FNO. The van der Waals surface area contributed by atoms with E-state index in [-0.39, 0.29) is 11.8 Å². The molecule has 0 aromatic heterocycles. The average molecular weight is 259 g/mol. The quantitative estimate of drug-likeness (QED) is 0.893. The second-order valence-electron chi connectivity index (χ2n) is 4.55. The molecule has 0 amide bonds. The smallest absolute Gasteiger partial charge is 0.167 e. The lowest BCUT2D eigenvalue weighted by Gasteiger charge is -2.14. The first-order chi connectivity index (χ1) is 9.11. The third-order valence-electron chi connectivity index (χ3n) is 3.04. The average Bonchev–Trinajstić information content (AvgIpc) is 2.41. The number of hydrogen-bond acceptors (Lipinski definition) is 2. The topological polar surface area (TPSA) is 35.2 Å². The third-order valence-corrected chi connectivity index (χ3v) is 3.04. The van der Waals surface area contributed by atoms with Crippen LogP contribution in [0.25, 0.3) is 0 Å². The Labute approximate surface area is 113 Å². The van der Waals surface area contributed by atoms with Crippen LogP contribution in [0.15, 0.2) is 42.5 Å². The zero-order chi connectivity index (χ0) is 13.8. The summed E-state index contributed by atoms with van der Waals surface area (Å²) >= 11 is 0. The predicted molar refractivity (Wildman–Crippen MR) is 74.9 cm³/mol. The highest BCUT2D eigenvalue weighted by Gasteiger charge is 2.13. The van der Waals surface area contributed by atoms with E-state index < -0.39 is 5.82 Å². The van der Waals surface area contributed by atoms with Gasteiger partial charge in [-0.25, -0.2) is 4.39 Å². The van der Waals surface area contributed by atoms with Crippen LogP contribution in [0.5, 0.6) is 11.5 Å². The monoisotopic (exact) mass is 259 g/mol. The summed E-state index contributed by atoms with van der Waals surface area (Å²) in [4.78, 5) is 0. The third kappa shape index (κ3) is 3.12. The fourth-order valence-corrected chi connectivity index (χ4v) is 1.90. The zero-order valence-electron chi connectivity index (χ0n) is 11.2. The standard InChI is InChI=1S/C16H18FNO/c1-3-12-7-9-13(10-8-12)19-16-14(11(2)18)5-4-6-15(16)17/h4-11H,3,18H2,1-2H3/t11-/m0/s1. The molecule has 1 atom stereocenters. The molecule has 2 aromatic carbocycles. The first kappa shape index (κ1) is 13.6. The predicted octanol–water partition coefficient (Wildman–Crippen LogP) is 4.20. The molecule has 0 fully saturated rings. The molecule has 19 heavy (non-hydrogen) atoms. The van der Waals surface area contributed by atoms with Crippen molar-refractivity contribution in [3.8, 4) is 11.5 Å². The largest absolute Gasteiger partial charge is 0.454 e. The van der Waals surface area contributed by atoms with Gasteiger partial charge in [-0.2, -0.15) is 0 Å². The van der Waals surface area contributed by atoms with Crippen LogP contribution < -0.4 is 10.5 Å². The van der Waals surface area contributed by atoms with Gasteiger partial charge in [-0.1, -0.05) is 31.2 Å². The molecule has 2 rings (SSSR count). The minimum Gasteiger partial charge on any atom is -0.454 e. The zero-order valence-corrected chi connectivity index (χ0v) is 11.2. The van der Waals surface area contributed by atoms with Gasteiger partial charge in [0.15, 0.2) is 11.6 Å². The number of rotatable bonds is 4. The maximum Gasteiger partial charge on any atom is 0.167 e. The van der Waals surface area contributed by atoms with E-state index in [1.807, 2.05) is 31.2 Å². The van der Waals surface area contributed by atoms with Crippen molar-refractivity contribution in [2.75, 3.05) is 0 Å². The van der Waals surface area contributed by atoms with E-state index in [9.17, 15) is 4.39 Å². The first-order valence-corrected chi connectivity index (χ1v) is 6.42. The Morgan fingerprint density at radius 2 is 1.84 bits per heavy atom. The van der Waals surface area contributed by atoms with Crippen molar-refractivity contribution in [3.05, 3.63) is 59.4 Å². The van der Waals surface area contributed by atoms with Crippen LogP contribution >= 0.6 is 0 Å². The Morgan fingerprint density at radius 3 is 2.42 bits per heavy atom. The van der Waals surface area contributed by atoms with E-state index in [0.717, 1.165) is 6.42 Å². The van der Waals surface area contributed by atoms with Crippen molar-refractivity contribution in [1.29, 1.82) is 0 Å². The van der Waals surface area contributed by atoms with E-state index in [0.29, 0.717) is 11.3 Å². The number of para-hydroxylation sites is 1. The summed E-state index contributed by atoms with van der Waals surface area (Å²) in [6.45, 7) is 3.89. The summed E-state index contributed by atoms with van der Waals surface area (Å²) in [5.74, 6) is 0.431. The molecule has 2 N–H and O–H groups in total. The molecule has 0 saturated carbocycles. The second kappa shape index (κ2) is 5.85. The molecule has 0 unspecified atom stereocenters. The number of aryl methyl sites for hydroxylation is 1. The summed E-state index contributed by atoms with van der Waals surface area (Å²) in [5, 5.41) is 0. The summed E-state index contributed by atoms with van der Waals surface area (Å²) < 4.78 is 19.5. The maximum absolute atomic E-state index is 13.9. The normalized spacial score (nSPS) is 12.2. The van der Waals surface area contributed by atoms with Crippen LogP contribution in [0.1, 0.15) is 31.0 Å². The van der Waals surface area contributed by atoms with Gasteiger partial charge in [0.2, 0.25) is 0 Å². The fourth-order valence-electron chi connectivity index (χ4n) is 1.90. The highest BCUT2D eigenvalue weighted by Crippen LogP contribution is 2.31. The lowest BCUT2D eigenvalue weighted by atomic mass is 10.1. The number of ether oxygens (including phenoxy) is 1. The number of benzene rings is 2. The summed E-state index contributed by atoms with van der Waals surface area (Å²) in [7, 11) is 0. The lowest BCUT2D eigenvalue weighted by molar-refractivity contribution is 0.432. The van der Waals surface area contributed by atoms with Crippen LogP contribution in [0.4, 0.5) is 4.39 Å². The van der Waals surface area contributed by atoms with E-state index in [4.69, 9.17) is 10.5 Å².